The topological polar surface area (TPSA) is 72.5 Å². The molecule has 0 aliphatic carbocycles. The predicted molar refractivity (Wildman–Crippen MR) is 87.0 cm³/mol. The lowest BCUT2D eigenvalue weighted by Gasteiger charge is -2.08. The van der Waals surface area contributed by atoms with Crippen LogP contribution in [0.25, 0.3) is 0 Å². The zero-order valence-corrected chi connectivity index (χ0v) is 14.2. The standard InChI is InChI=1S/C15H17NO4S2/c1-4-20-15(17)12-5-7-13(8-6-12)16-22(18,19)14-9-10(2)21-11(14)3/h5-9,16H,4H2,1-3H3. The van der Waals surface area contributed by atoms with E-state index in [4.69, 9.17) is 4.74 Å². The van der Waals surface area contributed by atoms with Crippen molar-refractivity contribution in [3.63, 3.8) is 0 Å². The largest absolute Gasteiger partial charge is 0.462 e. The number of anilines is 1. The molecule has 2 aromatic rings. The van der Waals surface area contributed by atoms with Gasteiger partial charge < -0.3 is 4.74 Å². The molecule has 0 saturated carbocycles. The van der Waals surface area contributed by atoms with E-state index in [-0.39, 0.29) is 4.90 Å². The quantitative estimate of drug-likeness (QED) is 0.848. The van der Waals surface area contributed by atoms with Gasteiger partial charge >= 0.3 is 5.97 Å². The van der Waals surface area contributed by atoms with Crippen molar-refractivity contribution in [2.24, 2.45) is 0 Å². The van der Waals surface area contributed by atoms with E-state index >= 15 is 0 Å². The Balaban J connectivity index is 2.20. The molecule has 7 heteroatoms. The van der Waals surface area contributed by atoms with Gasteiger partial charge in [-0.15, -0.1) is 11.3 Å². The summed E-state index contributed by atoms with van der Waals surface area (Å²) in [4.78, 5) is 13.5. The van der Waals surface area contributed by atoms with Crippen LogP contribution in [-0.4, -0.2) is 21.0 Å². The highest BCUT2D eigenvalue weighted by atomic mass is 32.2. The number of ether oxygens (including phenoxy) is 1. The van der Waals surface area contributed by atoms with Crippen molar-refractivity contribution in [1.29, 1.82) is 0 Å². The van der Waals surface area contributed by atoms with Gasteiger partial charge in [0.2, 0.25) is 0 Å². The lowest BCUT2D eigenvalue weighted by molar-refractivity contribution is 0.0526. The summed E-state index contributed by atoms with van der Waals surface area (Å²) in [6, 6.07) is 7.79. The highest BCUT2D eigenvalue weighted by molar-refractivity contribution is 7.93. The molecular weight excluding hydrogens is 322 g/mol. The van der Waals surface area contributed by atoms with E-state index in [1.54, 1.807) is 32.0 Å². The highest BCUT2D eigenvalue weighted by Crippen LogP contribution is 2.26. The van der Waals surface area contributed by atoms with E-state index in [0.29, 0.717) is 17.9 Å². The number of nitrogens with one attached hydrogen (secondary N) is 1. The fraction of sp³-hybridized carbons (Fsp3) is 0.267. The van der Waals surface area contributed by atoms with E-state index in [0.717, 1.165) is 9.75 Å². The minimum Gasteiger partial charge on any atom is -0.462 e. The van der Waals surface area contributed by atoms with Crippen molar-refractivity contribution in [3.8, 4) is 0 Å². The first kappa shape index (κ1) is 16.5. The first-order valence-corrected chi connectivity index (χ1v) is 9.00. The van der Waals surface area contributed by atoms with Crippen LogP contribution in [0.2, 0.25) is 0 Å². The number of thiophene rings is 1. The van der Waals surface area contributed by atoms with Crippen molar-refractivity contribution < 1.29 is 17.9 Å². The Morgan fingerprint density at radius 3 is 2.36 bits per heavy atom. The molecule has 22 heavy (non-hydrogen) atoms. The molecule has 0 radical (unpaired) electrons. The number of hydrogen-bond donors (Lipinski definition) is 1. The molecule has 0 saturated heterocycles. The molecule has 2 rings (SSSR count). The van der Waals surface area contributed by atoms with Gasteiger partial charge in [0.15, 0.2) is 0 Å². The first-order chi connectivity index (χ1) is 10.3. The minimum absolute atomic E-state index is 0.282. The van der Waals surface area contributed by atoms with Gasteiger partial charge in [-0.1, -0.05) is 0 Å². The van der Waals surface area contributed by atoms with E-state index in [1.807, 2.05) is 6.92 Å². The summed E-state index contributed by atoms with van der Waals surface area (Å²) >= 11 is 1.44. The zero-order valence-electron chi connectivity index (χ0n) is 12.5. The molecule has 1 N–H and O–H groups in total. The fourth-order valence-electron chi connectivity index (χ4n) is 1.97. The lowest BCUT2D eigenvalue weighted by Crippen LogP contribution is -2.13. The summed E-state index contributed by atoms with van der Waals surface area (Å²) in [5, 5.41) is 0. The third kappa shape index (κ3) is 3.66. The highest BCUT2D eigenvalue weighted by Gasteiger charge is 2.19. The number of rotatable bonds is 5. The maximum Gasteiger partial charge on any atom is 0.338 e. The zero-order chi connectivity index (χ0) is 16.3. The van der Waals surface area contributed by atoms with Gasteiger partial charge in [-0.3, -0.25) is 4.72 Å². The molecule has 1 heterocycles. The van der Waals surface area contributed by atoms with Crippen molar-refractivity contribution in [2.45, 2.75) is 25.7 Å². The normalized spacial score (nSPS) is 11.2. The third-order valence-corrected chi connectivity index (χ3v) is 5.54. The Labute approximate surface area is 134 Å². The van der Waals surface area contributed by atoms with Crippen LogP contribution in [0.5, 0.6) is 0 Å². The van der Waals surface area contributed by atoms with E-state index in [1.165, 1.54) is 23.5 Å². The number of benzene rings is 1. The number of sulfonamides is 1. The molecule has 0 spiro atoms. The Morgan fingerprint density at radius 1 is 1.23 bits per heavy atom. The van der Waals surface area contributed by atoms with Crippen LogP contribution in [0.4, 0.5) is 5.69 Å². The molecule has 0 unspecified atom stereocenters. The second-order valence-corrected chi connectivity index (χ2v) is 7.79. The van der Waals surface area contributed by atoms with Crippen LogP contribution in [0.15, 0.2) is 35.2 Å². The van der Waals surface area contributed by atoms with Crippen molar-refractivity contribution >= 4 is 33.0 Å². The van der Waals surface area contributed by atoms with E-state index in [9.17, 15) is 13.2 Å². The van der Waals surface area contributed by atoms with Crippen LogP contribution in [0.3, 0.4) is 0 Å². The smallest absolute Gasteiger partial charge is 0.338 e. The Hall–Kier alpha value is -1.86. The van der Waals surface area contributed by atoms with Crippen LogP contribution >= 0.6 is 11.3 Å². The Morgan fingerprint density at radius 2 is 1.86 bits per heavy atom. The third-order valence-electron chi connectivity index (χ3n) is 2.93. The number of aryl methyl sites for hydroxylation is 2. The van der Waals surface area contributed by atoms with Gasteiger partial charge in [0.25, 0.3) is 10.0 Å². The monoisotopic (exact) mass is 339 g/mol. The number of hydrogen-bond acceptors (Lipinski definition) is 5. The Bertz CT molecular complexity index is 776. The second kappa shape index (κ2) is 6.50. The summed E-state index contributed by atoms with van der Waals surface area (Å²) in [6.07, 6.45) is 0. The van der Waals surface area contributed by atoms with Crippen LogP contribution in [-0.2, 0) is 14.8 Å². The van der Waals surface area contributed by atoms with Gasteiger partial charge in [0.05, 0.1) is 12.2 Å². The lowest BCUT2D eigenvalue weighted by atomic mass is 10.2. The number of carbonyl (C=O) groups is 1. The molecule has 0 atom stereocenters. The molecule has 1 aromatic carbocycles. The van der Waals surface area contributed by atoms with Gasteiger partial charge in [-0.2, -0.15) is 0 Å². The van der Waals surface area contributed by atoms with Crippen molar-refractivity contribution in [1.82, 2.24) is 0 Å². The minimum atomic E-state index is -3.62. The molecule has 118 valence electrons. The summed E-state index contributed by atoms with van der Waals surface area (Å²) in [7, 11) is -3.62. The van der Waals surface area contributed by atoms with Gasteiger partial charge in [-0.25, -0.2) is 13.2 Å². The summed E-state index contributed by atoms with van der Waals surface area (Å²) < 4.78 is 32.1. The predicted octanol–water partition coefficient (Wildman–Crippen LogP) is 3.34. The summed E-state index contributed by atoms with van der Waals surface area (Å²) in [5.41, 5.74) is 0.781. The van der Waals surface area contributed by atoms with Crippen molar-refractivity contribution in [3.05, 3.63) is 45.6 Å². The summed E-state index contributed by atoms with van der Waals surface area (Å²) in [6.45, 7) is 5.66. The van der Waals surface area contributed by atoms with Crippen LogP contribution in [0, 0.1) is 13.8 Å². The molecule has 0 fully saturated rings. The maximum absolute atomic E-state index is 12.4. The molecule has 0 amide bonds. The van der Waals surface area contributed by atoms with E-state index < -0.39 is 16.0 Å². The first-order valence-electron chi connectivity index (χ1n) is 6.70. The van der Waals surface area contributed by atoms with E-state index in [2.05, 4.69) is 4.72 Å². The summed E-state index contributed by atoms with van der Waals surface area (Å²) in [5.74, 6) is -0.429. The van der Waals surface area contributed by atoms with Gasteiger partial charge in [0, 0.05) is 15.4 Å². The molecular formula is C15H17NO4S2. The average Bonchev–Trinajstić information content (AvgIpc) is 2.79. The maximum atomic E-state index is 12.4. The SMILES string of the molecule is CCOC(=O)c1ccc(NS(=O)(=O)c2cc(C)sc2C)cc1. The molecule has 0 aliphatic rings. The molecule has 5 nitrogen and oxygen atoms in total. The molecule has 1 aromatic heterocycles. The second-order valence-electron chi connectivity index (χ2n) is 4.68. The van der Waals surface area contributed by atoms with Gasteiger partial charge in [0.1, 0.15) is 4.90 Å². The van der Waals surface area contributed by atoms with Crippen LogP contribution in [0.1, 0.15) is 27.0 Å². The molecule has 0 bridgehead atoms. The fourth-order valence-corrected chi connectivity index (χ4v) is 4.59. The van der Waals surface area contributed by atoms with Crippen molar-refractivity contribution in [2.75, 3.05) is 11.3 Å². The van der Waals surface area contributed by atoms with Gasteiger partial charge in [-0.05, 0) is 51.1 Å². The average molecular weight is 339 g/mol. The Kier molecular flexibility index (Phi) is 4.87. The van der Waals surface area contributed by atoms with Crippen LogP contribution < -0.4 is 4.72 Å². The number of carbonyl (C=O) groups excluding carboxylic acids is 1. The number of esters is 1. The molecule has 0 aliphatic heterocycles.